The van der Waals surface area contributed by atoms with Crippen molar-refractivity contribution in [2.45, 2.75) is 6.42 Å². The fourth-order valence-corrected chi connectivity index (χ4v) is 2.72. The summed E-state index contributed by atoms with van der Waals surface area (Å²) < 4.78 is 0. The molecule has 0 radical (unpaired) electrons. The van der Waals surface area contributed by atoms with Crippen molar-refractivity contribution in [2.24, 2.45) is 0 Å². The van der Waals surface area contributed by atoms with Crippen molar-refractivity contribution in [3.8, 4) is 0 Å². The van der Waals surface area contributed by atoms with Gasteiger partial charge in [0.05, 0.1) is 0 Å². The molecule has 0 bridgehead atoms. The average Bonchev–Trinajstić information content (AvgIpc) is 2.96. The second kappa shape index (κ2) is 6.36. The van der Waals surface area contributed by atoms with Gasteiger partial charge in [-0.3, -0.25) is 10.1 Å². The predicted molar refractivity (Wildman–Crippen MR) is 88.0 cm³/mol. The van der Waals surface area contributed by atoms with E-state index in [2.05, 4.69) is 15.5 Å². The van der Waals surface area contributed by atoms with Crippen molar-refractivity contribution < 1.29 is 4.79 Å². The fourth-order valence-electron chi connectivity index (χ4n) is 1.95. The number of carbonyl (C=O) groups is 1. The smallest absolute Gasteiger partial charge is 0.257 e. The molecule has 0 saturated heterocycles. The minimum atomic E-state index is -0.220. The lowest BCUT2D eigenvalue weighted by atomic mass is 10.2. The first-order chi connectivity index (χ1) is 10.7. The van der Waals surface area contributed by atoms with E-state index in [1.54, 1.807) is 24.3 Å². The van der Waals surface area contributed by atoms with E-state index in [4.69, 9.17) is 5.73 Å². The highest BCUT2D eigenvalue weighted by Crippen LogP contribution is 2.19. The Kier molecular flexibility index (Phi) is 4.11. The second-order valence-corrected chi connectivity index (χ2v) is 5.80. The Morgan fingerprint density at radius 1 is 1.05 bits per heavy atom. The number of nitrogen functional groups attached to an aromatic ring is 1. The maximum absolute atomic E-state index is 12.1. The molecule has 1 heterocycles. The van der Waals surface area contributed by atoms with Crippen LogP contribution < -0.4 is 11.1 Å². The van der Waals surface area contributed by atoms with Crippen LogP contribution in [0.3, 0.4) is 0 Å². The van der Waals surface area contributed by atoms with E-state index in [1.807, 2.05) is 30.3 Å². The van der Waals surface area contributed by atoms with E-state index in [-0.39, 0.29) is 5.91 Å². The normalized spacial score (nSPS) is 10.4. The number of carbonyl (C=O) groups excluding carboxylic acids is 1. The molecule has 0 atom stereocenters. The summed E-state index contributed by atoms with van der Waals surface area (Å²) in [5, 5.41) is 12.2. The summed E-state index contributed by atoms with van der Waals surface area (Å²) in [5.41, 5.74) is 7.93. The van der Waals surface area contributed by atoms with Crippen molar-refractivity contribution in [3.63, 3.8) is 0 Å². The van der Waals surface area contributed by atoms with Crippen LogP contribution in [0.2, 0.25) is 0 Å². The van der Waals surface area contributed by atoms with Crippen molar-refractivity contribution in [2.75, 3.05) is 11.1 Å². The molecular weight excluding hydrogens is 296 g/mol. The standard InChI is InChI=1S/C16H14N4OS/c17-13-8-6-12(7-9-13)15(21)18-16-20-19-14(22-16)10-11-4-2-1-3-5-11/h1-9H,10,17H2,(H,18,20,21). The number of nitrogens with one attached hydrogen (secondary N) is 1. The van der Waals surface area contributed by atoms with Gasteiger partial charge in [-0.05, 0) is 29.8 Å². The number of aromatic nitrogens is 2. The third-order valence-corrected chi connectivity index (χ3v) is 3.90. The van der Waals surface area contributed by atoms with Gasteiger partial charge in [0.25, 0.3) is 5.91 Å². The molecule has 0 unspecified atom stereocenters. The first kappa shape index (κ1) is 14.2. The van der Waals surface area contributed by atoms with Gasteiger partial charge in [0.1, 0.15) is 5.01 Å². The number of hydrogen-bond donors (Lipinski definition) is 2. The zero-order valence-electron chi connectivity index (χ0n) is 11.7. The second-order valence-electron chi connectivity index (χ2n) is 4.74. The molecule has 1 amide bonds. The highest BCUT2D eigenvalue weighted by molar-refractivity contribution is 7.15. The molecule has 3 N–H and O–H groups in total. The van der Waals surface area contributed by atoms with Gasteiger partial charge in [-0.1, -0.05) is 41.7 Å². The number of benzene rings is 2. The van der Waals surface area contributed by atoms with Crippen molar-refractivity contribution in [1.29, 1.82) is 0 Å². The molecule has 0 aliphatic carbocycles. The first-order valence-electron chi connectivity index (χ1n) is 6.74. The Morgan fingerprint density at radius 2 is 1.77 bits per heavy atom. The van der Waals surface area contributed by atoms with E-state index in [0.717, 1.165) is 10.6 Å². The van der Waals surface area contributed by atoms with Gasteiger partial charge in [0.15, 0.2) is 0 Å². The predicted octanol–water partition coefficient (Wildman–Crippen LogP) is 2.96. The number of hydrogen-bond acceptors (Lipinski definition) is 5. The lowest BCUT2D eigenvalue weighted by Gasteiger charge is -2.01. The molecule has 2 aromatic carbocycles. The van der Waals surface area contributed by atoms with Gasteiger partial charge < -0.3 is 5.73 Å². The van der Waals surface area contributed by atoms with Gasteiger partial charge in [0.2, 0.25) is 5.13 Å². The summed E-state index contributed by atoms with van der Waals surface area (Å²) >= 11 is 1.38. The molecule has 3 aromatic rings. The molecule has 0 spiro atoms. The lowest BCUT2D eigenvalue weighted by Crippen LogP contribution is -2.11. The molecule has 1 aromatic heterocycles. The highest BCUT2D eigenvalue weighted by Gasteiger charge is 2.10. The van der Waals surface area contributed by atoms with Crippen LogP contribution in [-0.2, 0) is 6.42 Å². The summed E-state index contributed by atoms with van der Waals surface area (Å²) in [6.45, 7) is 0. The molecule has 5 nitrogen and oxygen atoms in total. The van der Waals surface area contributed by atoms with Gasteiger partial charge in [-0.2, -0.15) is 0 Å². The molecule has 0 aliphatic heterocycles. The Morgan fingerprint density at radius 3 is 2.50 bits per heavy atom. The molecule has 0 fully saturated rings. The Bertz CT molecular complexity index is 768. The van der Waals surface area contributed by atoms with Crippen LogP contribution in [0.4, 0.5) is 10.8 Å². The minimum absolute atomic E-state index is 0.220. The molecular formula is C16H14N4OS. The monoisotopic (exact) mass is 310 g/mol. The highest BCUT2D eigenvalue weighted by atomic mass is 32.1. The van der Waals surface area contributed by atoms with Crippen molar-refractivity contribution in [1.82, 2.24) is 10.2 Å². The van der Waals surface area contributed by atoms with E-state index >= 15 is 0 Å². The minimum Gasteiger partial charge on any atom is -0.399 e. The van der Waals surface area contributed by atoms with Crippen LogP contribution in [0, 0.1) is 0 Å². The van der Waals surface area contributed by atoms with Crippen LogP contribution in [0.5, 0.6) is 0 Å². The average molecular weight is 310 g/mol. The van der Waals surface area contributed by atoms with E-state index in [1.165, 1.54) is 11.3 Å². The van der Waals surface area contributed by atoms with Crippen LogP contribution in [0.15, 0.2) is 54.6 Å². The summed E-state index contributed by atoms with van der Waals surface area (Å²) in [5.74, 6) is -0.220. The molecule has 110 valence electrons. The zero-order chi connectivity index (χ0) is 15.4. The summed E-state index contributed by atoms with van der Waals surface area (Å²) in [4.78, 5) is 12.1. The Hall–Kier alpha value is -2.73. The first-order valence-corrected chi connectivity index (χ1v) is 7.55. The quantitative estimate of drug-likeness (QED) is 0.726. The third-order valence-electron chi connectivity index (χ3n) is 3.06. The summed E-state index contributed by atoms with van der Waals surface area (Å²) in [6, 6.07) is 16.8. The number of rotatable bonds is 4. The molecule has 3 rings (SSSR count). The number of nitrogens with two attached hydrogens (primary N) is 1. The molecule has 0 saturated carbocycles. The summed E-state index contributed by atoms with van der Waals surface area (Å²) in [7, 11) is 0. The Labute approximate surface area is 131 Å². The van der Waals surface area contributed by atoms with E-state index in [0.29, 0.717) is 22.8 Å². The fraction of sp³-hybridized carbons (Fsp3) is 0.0625. The lowest BCUT2D eigenvalue weighted by molar-refractivity contribution is 0.102. The third kappa shape index (κ3) is 3.48. The maximum Gasteiger partial charge on any atom is 0.257 e. The van der Waals surface area contributed by atoms with E-state index in [9.17, 15) is 4.79 Å². The van der Waals surface area contributed by atoms with Crippen molar-refractivity contribution >= 4 is 28.1 Å². The number of amides is 1. The molecule has 22 heavy (non-hydrogen) atoms. The van der Waals surface area contributed by atoms with Gasteiger partial charge in [0, 0.05) is 17.7 Å². The van der Waals surface area contributed by atoms with E-state index < -0.39 is 0 Å². The zero-order valence-corrected chi connectivity index (χ0v) is 12.5. The van der Waals surface area contributed by atoms with Crippen LogP contribution in [-0.4, -0.2) is 16.1 Å². The van der Waals surface area contributed by atoms with Crippen molar-refractivity contribution in [3.05, 3.63) is 70.7 Å². The van der Waals surface area contributed by atoms with Gasteiger partial charge >= 0.3 is 0 Å². The SMILES string of the molecule is Nc1ccc(C(=O)Nc2nnc(Cc3ccccc3)s2)cc1. The van der Waals surface area contributed by atoms with Crippen LogP contribution in [0.25, 0.3) is 0 Å². The molecule has 0 aliphatic rings. The number of anilines is 2. The summed E-state index contributed by atoms with van der Waals surface area (Å²) in [6.07, 6.45) is 0.705. The van der Waals surface area contributed by atoms with Gasteiger partial charge in [-0.25, -0.2) is 0 Å². The van der Waals surface area contributed by atoms with Gasteiger partial charge in [-0.15, -0.1) is 10.2 Å². The molecule has 6 heteroatoms. The largest absolute Gasteiger partial charge is 0.399 e. The Balaban J connectivity index is 1.66. The number of nitrogens with zero attached hydrogens (tertiary/aromatic N) is 2. The maximum atomic E-state index is 12.1. The van der Waals surface area contributed by atoms with Crippen LogP contribution >= 0.6 is 11.3 Å². The van der Waals surface area contributed by atoms with Crippen LogP contribution in [0.1, 0.15) is 20.9 Å². The topological polar surface area (TPSA) is 80.9 Å².